The van der Waals surface area contributed by atoms with Crippen molar-refractivity contribution in [3.8, 4) is 0 Å². The Morgan fingerprint density at radius 2 is 1.84 bits per heavy atom. The van der Waals surface area contributed by atoms with Gasteiger partial charge in [0.15, 0.2) is 5.16 Å². The molecule has 4 aromatic rings. The summed E-state index contributed by atoms with van der Waals surface area (Å²) >= 11 is 7.39. The SMILES string of the molecule is CCOC(=O)c1ccc(NC(=O)C(Sc2nc3ccc(Cl)cc3[nH]2)c2ccccc2)cc1. The van der Waals surface area contributed by atoms with E-state index < -0.39 is 11.2 Å². The Kier molecular flexibility index (Phi) is 6.78. The lowest BCUT2D eigenvalue weighted by atomic mass is 10.1. The van der Waals surface area contributed by atoms with Crippen LogP contribution < -0.4 is 5.32 Å². The van der Waals surface area contributed by atoms with Gasteiger partial charge in [-0.2, -0.15) is 0 Å². The number of aromatic amines is 1. The van der Waals surface area contributed by atoms with Gasteiger partial charge in [0.2, 0.25) is 5.91 Å². The van der Waals surface area contributed by atoms with Gasteiger partial charge in [-0.1, -0.05) is 53.7 Å². The highest BCUT2D eigenvalue weighted by Crippen LogP contribution is 2.36. The molecule has 0 saturated carbocycles. The number of ether oxygens (including phenoxy) is 1. The van der Waals surface area contributed by atoms with Gasteiger partial charge in [-0.3, -0.25) is 4.79 Å². The largest absolute Gasteiger partial charge is 0.462 e. The van der Waals surface area contributed by atoms with Crippen LogP contribution in [-0.2, 0) is 9.53 Å². The fourth-order valence-corrected chi connectivity index (χ4v) is 4.31. The second-order valence-electron chi connectivity index (χ2n) is 6.90. The molecule has 1 amide bonds. The van der Waals surface area contributed by atoms with Gasteiger partial charge in [-0.05, 0) is 55.0 Å². The van der Waals surface area contributed by atoms with Crippen molar-refractivity contribution >= 4 is 52.0 Å². The summed E-state index contributed by atoms with van der Waals surface area (Å²) in [6.45, 7) is 2.06. The van der Waals surface area contributed by atoms with Crippen LogP contribution in [0.3, 0.4) is 0 Å². The first-order valence-electron chi connectivity index (χ1n) is 9.98. The molecular formula is C24H20ClN3O3S. The van der Waals surface area contributed by atoms with Crippen LogP contribution in [0.5, 0.6) is 0 Å². The van der Waals surface area contributed by atoms with Crippen molar-refractivity contribution in [3.05, 3.63) is 88.9 Å². The number of fused-ring (bicyclic) bond motifs is 1. The van der Waals surface area contributed by atoms with Gasteiger partial charge in [0, 0.05) is 10.7 Å². The summed E-state index contributed by atoms with van der Waals surface area (Å²) in [6, 6.07) is 21.5. The lowest BCUT2D eigenvalue weighted by Gasteiger charge is -2.16. The molecule has 6 nitrogen and oxygen atoms in total. The second kappa shape index (κ2) is 9.89. The van der Waals surface area contributed by atoms with E-state index in [1.807, 2.05) is 36.4 Å². The van der Waals surface area contributed by atoms with Gasteiger partial charge in [-0.25, -0.2) is 9.78 Å². The number of thioether (sulfide) groups is 1. The second-order valence-corrected chi connectivity index (χ2v) is 8.43. The summed E-state index contributed by atoms with van der Waals surface area (Å²) in [4.78, 5) is 32.9. The van der Waals surface area contributed by atoms with Crippen molar-refractivity contribution in [1.29, 1.82) is 0 Å². The number of nitrogens with zero attached hydrogens (tertiary/aromatic N) is 1. The molecule has 0 bridgehead atoms. The van der Waals surface area contributed by atoms with Crippen molar-refractivity contribution in [2.75, 3.05) is 11.9 Å². The fraction of sp³-hybridized carbons (Fsp3) is 0.125. The molecule has 1 atom stereocenters. The minimum atomic E-state index is -0.544. The van der Waals surface area contributed by atoms with Crippen LogP contribution in [0.15, 0.2) is 78.0 Å². The highest BCUT2D eigenvalue weighted by molar-refractivity contribution is 8.00. The Morgan fingerprint density at radius 1 is 1.09 bits per heavy atom. The lowest BCUT2D eigenvalue weighted by molar-refractivity contribution is -0.115. The zero-order chi connectivity index (χ0) is 22.5. The van der Waals surface area contributed by atoms with E-state index in [0.29, 0.717) is 28.0 Å². The molecule has 0 saturated heterocycles. The minimum Gasteiger partial charge on any atom is -0.462 e. The third-order valence-corrected chi connectivity index (χ3v) is 6.03. The maximum atomic E-state index is 13.2. The Morgan fingerprint density at radius 3 is 2.56 bits per heavy atom. The van der Waals surface area contributed by atoms with Crippen LogP contribution in [0.1, 0.15) is 28.1 Å². The van der Waals surface area contributed by atoms with E-state index in [1.54, 1.807) is 43.3 Å². The molecule has 162 valence electrons. The molecule has 32 heavy (non-hydrogen) atoms. The average Bonchev–Trinajstić information content (AvgIpc) is 3.20. The van der Waals surface area contributed by atoms with Crippen molar-refractivity contribution in [1.82, 2.24) is 9.97 Å². The van der Waals surface area contributed by atoms with E-state index in [2.05, 4.69) is 15.3 Å². The third kappa shape index (κ3) is 5.12. The first-order chi connectivity index (χ1) is 15.5. The van der Waals surface area contributed by atoms with Gasteiger partial charge in [-0.15, -0.1) is 0 Å². The fourth-order valence-electron chi connectivity index (χ4n) is 3.14. The molecule has 1 aromatic heterocycles. The van der Waals surface area contributed by atoms with Crippen molar-refractivity contribution in [2.45, 2.75) is 17.3 Å². The van der Waals surface area contributed by atoms with Crippen LogP contribution in [0.25, 0.3) is 11.0 Å². The van der Waals surface area contributed by atoms with E-state index in [-0.39, 0.29) is 5.91 Å². The maximum Gasteiger partial charge on any atom is 0.338 e. The van der Waals surface area contributed by atoms with Crippen molar-refractivity contribution < 1.29 is 14.3 Å². The number of carbonyl (C=O) groups excluding carboxylic acids is 2. The zero-order valence-corrected chi connectivity index (χ0v) is 18.7. The molecule has 0 aliphatic heterocycles. The monoisotopic (exact) mass is 465 g/mol. The third-order valence-electron chi connectivity index (χ3n) is 4.66. The Hall–Kier alpha value is -3.29. The minimum absolute atomic E-state index is 0.205. The van der Waals surface area contributed by atoms with Gasteiger partial charge in [0.05, 0.1) is 23.2 Å². The number of hydrogen-bond acceptors (Lipinski definition) is 5. The number of H-pyrrole nitrogens is 1. The molecule has 0 fully saturated rings. The number of rotatable bonds is 7. The predicted molar refractivity (Wildman–Crippen MR) is 127 cm³/mol. The van der Waals surface area contributed by atoms with Crippen molar-refractivity contribution in [2.24, 2.45) is 0 Å². The van der Waals surface area contributed by atoms with E-state index in [0.717, 1.165) is 16.6 Å². The van der Waals surface area contributed by atoms with Crippen molar-refractivity contribution in [3.63, 3.8) is 0 Å². The maximum absolute atomic E-state index is 13.2. The number of anilines is 1. The topological polar surface area (TPSA) is 84.1 Å². The summed E-state index contributed by atoms with van der Waals surface area (Å²) in [6.07, 6.45) is 0. The molecule has 0 aliphatic carbocycles. The van der Waals surface area contributed by atoms with Crippen LogP contribution in [-0.4, -0.2) is 28.5 Å². The van der Waals surface area contributed by atoms with Crippen LogP contribution in [0, 0.1) is 0 Å². The number of aromatic nitrogens is 2. The van der Waals surface area contributed by atoms with E-state index in [1.165, 1.54) is 11.8 Å². The molecule has 0 radical (unpaired) electrons. The van der Waals surface area contributed by atoms with Gasteiger partial charge >= 0.3 is 5.97 Å². The number of nitrogens with one attached hydrogen (secondary N) is 2. The molecule has 3 aromatic carbocycles. The van der Waals surface area contributed by atoms with Gasteiger partial charge in [0.25, 0.3) is 0 Å². The average molecular weight is 466 g/mol. The molecular weight excluding hydrogens is 446 g/mol. The first kappa shape index (κ1) is 21.9. The summed E-state index contributed by atoms with van der Waals surface area (Å²) in [5.41, 5.74) is 3.44. The molecule has 1 heterocycles. The summed E-state index contributed by atoms with van der Waals surface area (Å²) in [7, 11) is 0. The first-order valence-corrected chi connectivity index (χ1v) is 11.2. The smallest absolute Gasteiger partial charge is 0.338 e. The Labute approximate surface area is 194 Å². The summed E-state index contributed by atoms with van der Waals surface area (Å²) < 4.78 is 5.00. The highest BCUT2D eigenvalue weighted by atomic mass is 35.5. The number of benzene rings is 3. The highest BCUT2D eigenvalue weighted by Gasteiger charge is 2.24. The summed E-state index contributed by atoms with van der Waals surface area (Å²) in [5, 5.41) is 3.61. The van der Waals surface area contributed by atoms with E-state index in [9.17, 15) is 9.59 Å². The van der Waals surface area contributed by atoms with Crippen LogP contribution in [0.2, 0.25) is 5.02 Å². The van der Waals surface area contributed by atoms with Crippen LogP contribution in [0.4, 0.5) is 5.69 Å². The quantitative estimate of drug-likeness (QED) is 0.263. The molecule has 4 rings (SSSR count). The Balaban J connectivity index is 1.56. The standard InChI is InChI=1S/C24H20ClN3O3S/c1-2-31-23(30)16-8-11-18(12-9-16)26-22(29)21(15-6-4-3-5-7-15)32-24-27-19-13-10-17(25)14-20(19)28-24/h3-14,21H,2H2,1H3,(H,26,29)(H,27,28). The normalized spacial score (nSPS) is 11.8. The summed E-state index contributed by atoms with van der Waals surface area (Å²) in [5.74, 6) is -0.600. The predicted octanol–water partition coefficient (Wildman–Crippen LogP) is 5.87. The lowest BCUT2D eigenvalue weighted by Crippen LogP contribution is -2.19. The van der Waals surface area contributed by atoms with Crippen LogP contribution >= 0.6 is 23.4 Å². The number of imidazole rings is 1. The van der Waals surface area contributed by atoms with Gasteiger partial charge in [0.1, 0.15) is 5.25 Å². The van der Waals surface area contributed by atoms with Gasteiger partial charge < -0.3 is 15.0 Å². The molecule has 8 heteroatoms. The number of halogens is 1. The molecule has 0 spiro atoms. The molecule has 2 N–H and O–H groups in total. The Bertz CT molecular complexity index is 1240. The number of esters is 1. The molecule has 0 aliphatic rings. The zero-order valence-electron chi connectivity index (χ0n) is 17.2. The van der Waals surface area contributed by atoms with E-state index in [4.69, 9.17) is 16.3 Å². The number of hydrogen-bond donors (Lipinski definition) is 2. The number of amides is 1. The molecule has 1 unspecified atom stereocenters. The number of carbonyl (C=O) groups is 2. The van der Waals surface area contributed by atoms with E-state index >= 15 is 0 Å².